The Morgan fingerprint density at radius 3 is 2.77 bits per heavy atom. The minimum atomic E-state index is -0.916. The van der Waals surface area contributed by atoms with Gasteiger partial charge in [-0.05, 0) is 38.0 Å². The zero-order valence-corrected chi connectivity index (χ0v) is 17.3. The largest absolute Gasteiger partial charge is 0.501 e. The summed E-state index contributed by atoms with van der Waals surface area (Å²) < 4.78 is 20.8. The van der Waals surface area contributed by atoms with Crippen molar-refractivity contribution in [2.75, 3.05) is 18.1 Å². The Bertz CT molecular complexity index is 1130. The summed E-state index contributed by atoms with van der Waals surface area (Å²) in [4.78, 5) is 42.9. The first kappa shape index (κ1) is 21.0. The molecular weight excluding hydrogens is 407 g/mol. The smallest absolute Gasteiger partial charge is 0.296 e. The number of carbonyl (C=O) groups is 2. The third-order valence-electron chi connectivity index (χ3n) is 5.52. The second-order valence-electron chi connectivity index (χ2n) is 8.05. The van der Waals surface area contributed by atoms with E-state index in [1.165, 1.54) is 27.7 Å². The fourth-order valence-electron chi connectivity index (χ4n) is 3.75. The van der Waals surface area contributed by atoms with Crippen LogP contribution in [0.25, 0.3) is 0 Å². The van der Waals surface area contributed by atoms with Crippen LogP contribution in [-0.4, -0.2) is 39.6 Å². The number of fused-ring (bicyclic) bond motifs is 1. The highest BCUT2D eigenvalue weighted by Crippen LogP contribution is 2.28. The molecule has 10 heteroatoms. The molecule has 2 amide bonds. The van der Waals surface area contributed by atoms with Gasteiger partial charge >= 0.3 is 0 Å². The summed E-state index contributed by atoms with van der Waals surface area (Å²) in [5, 5.41) is 12.9. The summed E-state index contributed by atoms with van der Waals surface area (Å²) in [5.74, 6) is -1.87. The van der Waals surface area contributed by atoms with E-state index in [9.17, 15) is 23.9 Å². The summed E-state index contributed by atoms with van der Waals surface area (Å²) >= 11 is 0. The molecule has 3 heterocycles. The fraction of sp³-hybridized carbons (Fsp3) is 0.429. The predicted molar refractivity (Wildman–Crippen MR) is 108 cm³/mol. The van der Waals surface area contributed by atoms with Gasteiger partial charge in [-0.25, -0.2) is 9.37 Å². The number of hydrogen-bond donors (Lipinski definition) is 2. The molecule has 0 unspecified atom stereocenters. The Hall–Kier alpha value is -3.27. The number of carbonyl (C=O) groups excluding carboxylic acids is 2. The average molecular weight is 430 g/mol. The van der Waals surface area contributed by atoms with Gasteiger partial charge in [0.1, 0.15) is 17.2 Å². The minimum absolute atomic E-state index is 0.0440. The van der Waals surface area contributed by atoms with Crippen molar-refractivity contribution >= 4 is 17.5 Å². The predicted octanol–water partition coefficient (Wildman–Crippen LogP) is 1.41. The van der Waals surface area contributed by atoms with Crippen LogP contribution >= 0.6 is 0 Å². The Balaban J connectivity index is 1.62. The molecule has 4 rings (SSSR count). The maximum absolute atomic E-state index is 13.7. The van der Waals surface area contributed by atoms with Crippen molar-refractivity contribution in [2.45, 2.75) is 45.4 Å². The maximum atomic E-state index is 13.7. The van der Waals surface area contributed by atoms with Gasteiger partial charge in [0, 0.05) is 32.7 Å². The Kier molecular flexibility index (Phi) is 5.26. The summed E-state index contributed by atoms with van der Waals surface area (Å²) in [6.45, 7) is 4.65. The van der Waals surface area contributed by atoms with Gasteiger partial charge in [-0.15, -0.1) is 0 Å². The van der Waals surface area contributed by atoms with Crippen LogP contribution in [0.5, 0.6) is 5.75 Å². The molecule has 2 aromatic rings. The molecule has 31 heavy (non-hydrogen) atoms. The quantitative estimate of drug-likeness (QED) is 0.709. The molecule has 0 radical (unpaired) electrons. The number of nitrogens with zero attached hydrogens (tertiary/aromatic N) is 3. The van der Waals surface area contributed by atoms with Crippen LogP contribution in [0.1, 0.15) is 48.6 Å². The first-order valence-corrected chi connectivity index (χ1v) is 10.0. The van der Waals surface area contributed by atoms with E-state index in [2.05, 4.69) is 10.3 Å². The number of aromatic hydroxyl groups is 1. The van der Waals surface area contributed by atoms with Crippen LogP contribution in [0.15, 0.2) is 23.0 Å². The van der Waals surface area contributed by atoms with E-state index in [0.29, 0.717) is 43.8 Å². The SMILES string of the molecule is CC1(C)OCCCn2c1nc(C(=O)NCc1ccc(F)cc1N1CCC1=O)c(O)c2=O. The molecule has 9 nitrogen and oxygen atoms in total. The van der Waals surface area contributed by atoms with Gasteiger partial charge in [-0.1, -0.05) is 6.07 Å². The molecule has 164 valence electrons. The molecule has 2 N–H and O–H groups in total. The Labute approximate surface area is 177 Å². The lowest BCUT2D eigenvalue weighted by Gasteiger charge is -2.32. The van der Waals surface area contributed by atoms with Crippen molar-refractivity contribution in [3.63, 3.8) is 0 Å². The molecular formula is C21H23FN4O5. The van der Waals surface area contributed by atoms with Gasteiger partial charge in [0.05, 0.1) is 5.69 Å². The van der Waals surface area contributed by atoms with E-state index in [1.807, 2.05) is 0 Å². The van der Waals surface area contributed by atoms with Crippen LogP contribution in [0.3, 0.4) is 0 Å². The zero-order chi connectivity index (χ0) is 22.3. The maximum Gasteiger partial charge on any atom is 0.296 e. The number of rotatable bonds is 4. The molecule has 0 bridgehead atoms. The minimum Gasteiger partial charge on any atom is -0.501 e. The lowest BCUT2D eigenvalue weighted by Crippen LogP contribution is -2.44. The van der Waals surface area contributed by atoms with Gasteiger partial charge in [-0.2, -0.15) is 0 Å². The lowest BCUT2D eigenvalue weighted by atomic mass is 10.1. The summed E-state index contributed by atoms with van der Waals surface area (Å²) in [6, 6.07) is 3.95. The highest BCUT2D eigenvalue weighted by atomic mass is 19.1. The first-order chi connectivity index (χ1) is 14.7. The number of benzene rings is 1. The molecule has 0 atom stereocenters. The third-order valence-corrected chi connectivity index (χ3v) is 5.52. The molecule has 0 saturated carbocycles. The van der Waals surface area contributed by atoms with Crippen LogP contribution < -0.4 is 15.8 Å². The summed E-state index contributed by atoms with van der Waals surface area (Å²) in [7, 11) is 0. The van der Waals surface area contributed by atoms with Crippen LogP contribution in [-0.2, 0) is 28.2 Å². The number of ether oxygens (including phenoxy) is 1. The highest BCUT2D eigenvalue weighted by molar-refractivity contribution is 6.00. The molecule has 0 spiro atoms. The van der Waals surface area contributed by atoms with E-state index in [0.717, 1.165) is 0 Å². The van der Waals surface area contributed by atoms with Crippen LogP contribution in [0.2, 0.25) is 0 Å². The third kappa shape index (κ3) is 3.78. The van der Waals surface area contributed by atoms with E-state index < -0.39 is 34.3 Å². The summed E-state index contributed by atoms with van der Waals surface area (Å²) in [6.07, 6.45) is 0.961. The number of nitrogens with one attached hydrogen (secondary N) is 1. The van der Waals surface area contributed by atoms with Gasteiger partial charge in [0.25, 0.3) is 11.5 Å². The van der Waals surface area contributed by atoms with Gasteiger partial charge in [-0.3, -0.25) is 19.0 Å². The van der Waals surface area contributed by atoms with E-state index in [4.69, 9.17) is 4.74 Å². The van der Waals surface area contributed by atoms with Crippen molar-refractivity contribution in [2.24, 2.45) is 0 Å². The molecule has 2 aliphatic rings. The van der Waals surface area contributed by atoms with Gasteiger partial charge in [0.2, 0.25) is 11.7 Å². The first-order valence-electron chi connectivity index (χ1n) is 10.0. The second-order valence-corrected chi connectivity index (χ2v) is 8.05. The van der Waals surface area contributed by atoms with Crippen molar-refractivity contribution in [3.05, 3.63) is 51.5 Å². The highest BCUT2D eigenvalue weighted by Gasteiger charge is 2.33. The van der Waals surface area contributed by atoms with Crippen molar-refractivity contribution in [1.29, 1.82) is 0 Å². The van der Waals surface area contributed by atoms with Gasteiger partial charge < -0.3 is 20.1 Å². The number of hydrogen-bond acceptors (Lipinski definition) is 6. The number of anilines is 1. The Morgan fingerprint density at radius 2 is 2.10 bits per heavy atom. The standard InChI is InChI=1S/C21H23FN4O5/c1-21(2)20-24-16(17(28)19(30)26(20)7-3-9-31-21)18(29)23-11-12-4-5-13(22)10-14(12)25-8-6-15(25)27/h4-5,10,28H,3,6-9,11H2,1-2H3,(H,23,29). The zero-order valence-electron chi connectivity index (χ0n) is 17.3. The molecule has 1 fully saturated rings. The topological polar surface area (TPSA) is 114 Å². The number of halogens is 1. The van der Waals surface area contributed by atoms with Crippen molar-refractivity contribution in [1.82, 2.24) is 14.9 Å². The van der Waals surface area contributed by atoms with E-state index in [1.54, 1.807) is 13.8 Å². The van der Waals surface area contributed by atoms with E-state index in [-0.39, 0.29) is 18.3 Å². The molecule has 1 aromatic heterocycles. The summed E-state index contributed by atoms with van der Waals surface area (Å²) in [5.41, 5.74) is -1.12. The van der Waals surface area contributed by atoms with Crippen LogP contribution in [0, 0.1) is 5.82 Å². The monoisotopic (exact) mass is 430 g/mol. The molecule has 2 aliphatic heterocycles. The van der Waals surface area contributed by atoms with Gasteiger partial charge in [0.15, 0.2) is 5.69 Å². The molecule has 0 aliphatic carbocycles. The van der Waals surface area contributed by atoms with E-state index >= 15 is 0 Å². The lowest BCUT2D eigenvalue weighted by molar-refractivity contribution is -0.122. The number of β-lactam (4-membered cyclic amide) rings is 1. The fourth-order valence-corrected chi connectivity index (χ4v) is 3.75. The van der Waals surface area contributed by atoms with Crippen LogP contribution in [0.4, 0.5) is 10.1 Å². The molecule has 1 saturated heterocycles. The second kappa shape index (κ2) is 7.77. The normalized spacial score (nSPS) is 17.5. The van der Waals surface area contributed by atoms with Crippen molar-refractivity contribution in [3.8, 4) is 5.75 Å². The average Bonchev–Trinajstić information content (AvgIpc) is 2.86. The van der Waals surface area contributed by atoms with Crippen molar-refractivity contribution < 1.29 is 23.8 Å². The Morgan fingerprint density at radius 1 is 1.32 bits per heavy atom. The number of aromatic nitrogens is 2. The number of amides is 2. The molecule has 1 aromatic carbocycles.